The van der Waals surface area contributed by atoms with Gasteiger partial charge in [-0.2, -0.15) is 0 Å². The maximum Gasteiger partial charge on any atom is 0.150 e. The number of rotatable bonds is 12. The Morgan fingerprint density at radius 1 is 0.522 bits per heavy atom. The van der Waals surface area contributed by atoms with Crippen molar-refractivity contribution >= 4 is 94.5 Å². The fraction of sp³-hybridized carbons (Fsp3) is 0.133. The quantitative estimate of drug-likeness (QED) is 0.0360. The Balaban J connectivity index is 1.28. The molecule has 0 fully saturated rings. The number of phenolic OH excluding ortho intramolecular Hbond substituents is 2. The van der Waals surface area contributed by atoms with Crippen LogP contribution in [0.25, 0.3) is 87.3 Å². The Kier molecular flexibility index (Phi) is 10.9. The number of aromatic hydroxyl groups is 2. The third kappa shape index (κ3) is 7.21. The van der Waals surface area contributed by atoms with E-state index < -0.39 is 0 Å². The molecule has 0 atom stereocenters. The molecule has 0 aliphatic heterocycles. The zero-order valence-electron chi connectivity index (χ0n) is 38.4. The summed E-state index contributed by atoms with van der Waals surface area (Å²) in [5.74, 6) is 0.798. The Morgan fingerprint density at radius 2 is 1.09 bits per heavy atom. The lowest BCUT2D eigenvalue weighted by molar-refractivity contribution is 0.111. The van der Waals surface area contributed by atoms with Crippen LogP contribution >= 0.6 is 0 Å². The number of phenols is 2. The minimum Gasteiger partial charge on any atom is -0.507 e. The summed E-state index contributed by atoms with van der Waals surface area (Å²) < 4.78 is 27.7. The molecule has 3 N–H and O–H groups in total. The van der Waals surface area contributed by atoms with Crippen molar-refractivity contribution in [2.75, 3.05) is 12.0 Å². The normalized spacial score (nSPS) is 11.9. The van der Waals surface area contributed by atoms with Gasteiger partial charge in [0.05, 0.1) is 6.61 Å². The molecule has 0 amide bonds. The van der Waals surface area contributed by atoms with Gasteiger partial charge in [-0.15, -0.1) is 0 Å². The summed E-state index contributed by atoms with van der Waals surface area (Å²) in [6.07, 6.45) is 1.42. The van der Waals surface area contributed by atoms with Crippen molar-refractivity contribution in [2.24, 2.45) is 0 Å². The summed E-state index contributed by atoms with van der Waals surface area (Å²) in [4.78, 5) is 26.7. The average Bonchev–Trinajstić information content (AvgIpc) is 3.36. The van der Waals surface area contributed by atoms with Crippen LogP contribution in [0.1, 0.15) is 76.9 Å². The van der Waals surface area contributed by atoms with Crippen LogP contribution in [0.2, 0.25) is 0 Å². The molecular formula is C60H47NO8. The minimum atomic E-state index is -0.223. The van der Waals surface area contributed by atoms with Gasteiger partial charge in [0.15, 0.2) is 12.6 Å². The monoisotopic (exact) mass is 909 g/mol. The lowest BCUT2D eigenvalue weighted by Crippen LogP contribution is -2.12. The third-order valence-corrected chi connectivity index (χ3v) is 13.2. The molecule has 1 aromatic heterocycles. The van der Waals surface area contributed by atoms with Crippen LogP contribution in [-0.4, -0.2) is 29.5 Å². The predicted molar refractivity (Wildman–Crippen MR) is 276 cm³/mol. The second kappa shape index (κ2) is 17.4. The highest BCUT2D eigenvalue weighted by molar-refractivity contribution is 6.42. The number of ether oxygens (including phenoxy) is 2. The van der Waals surface area contributed by atoms with Gasteiger partial charge in [0.1, 0.15) is 52.1 Å². The van der Waals surface area contributed by atoms with Crippen molar-refractivity contribution in [2.45, 2.75) is 46.1 Å². The van der Waals surface area contributed by atoms with Crippen LogP contribution in [0, 0.1) is 0 Å². The fourth-order valence-electron chi connectivity index (χ4n) is 10.2. The number of anilines is 1. The third-order valence-electron chi connectivity index (χ3n) is 13.2. The molecule has 0 bridgehead atoms. The molecule has 9 heteroatoms. The van der Waals surface area contributed by atoms with Gasteiger partial charge in [-0.25, -0.2) is 0 Å². The van der Waals surface area contributed by atoms with Gasteiger partial charge < -0.3 is 33.8 Å². The molecular weight excluding hydrogens is 863 g/mol. The molecule has 1 heterocycles. The SMILES string of the molecule is CC(C)c1cccc(C(C)C)c1NCOCc1cc2oc3ccccc3c3ccccc3oc3cc(O)c4c(C=O)cc(Oc5ccccc5-c5ccccc5)c5c6c(O)cc(C=O)c1c6c2c3c45. The van der Waals surface area contributed by atoms with Gasteiger partial charge in [-0.05, 0) is 75.9 Å². The molecule has 11 aromatic rings. The average molecular weight is 910 g/mol. The van der Waals surface area contributed by atoms with E-state index in [1.165, 1.54) is 23.3 Å². The molecule has 10 aromatic carbocycles. The Bertz CT molecular complexity index is 3870. The van der Waals surface area contributed by atoms with Crippen LogP contribution in [0.15, 0.2) is 154 Å². The molecule has 0 saturated heterocycles. The van der Waals surface area contributed by atoms with E-state index in [2.05, 4.69) is 51.2 Å². The number of aldehydes is 2. The van der Waals surface area contributed by atoms with Crippen molar-refractivity contribution < 1.29 is 38.1 Å². The van der Waals surface area contributed by atoms with E-state index in [1.807, 2.05) is 109 Å². The molecule has 0 spiro atoms. The zero-order chi connectivity index (χ0) is 47.5. The molecule has 9 nitrogen and oxygen atoms in total. The van der Waals surface area contributed by atoms with E-state index in [0.29, 0.717) is 72.1 Å². The van der Waals surface area contributed by atoms with Gasteiger partial charge in [0, 0.05) is 76.9 Å². The van der Waals surface area contributed by atoms with Crippen LogP contribution in [0.3, 0.4) is 0 Å². The maximum absolute atomic E-state index is 13.4. The number of fused-ring (bicyclic) bond motifs is 4. The van der Waals surface area contributed by atoms with Crippen molar-refractivity contribution in [3.05, 3.63) is 173 Å². The summed E-state index contributed by atoms with van der Waals surface area (Å²) in [6.45, 7) is 8.87. The highest BCUT2D eigenvalue weighted by Crippen LogP contribution is 2.54. The number of benzene rings is 10. The molecule has 11 rings (SSSR count). The van der Waals surface area contributed by atoms with Gasteiger partial charge in [-0.3, -0.25) is 9.59 Å². The molecule has 0 saturated carbocycles. The smallest absolute Gasteiger partial charge is 0.150 e. The van der Waals surface area contributed by atoms with Gasteiger partial charge >= 0.3 is 0 Å². The molecule has 0 radical (unpaired) electrons. The summed E-state index contributed by atoms with van der Waals surface area (Å²) in [5.41, 5.74) is 7.69. The van der Waals surface area contributed by atoms with E-state index in [0.717, 1.165) is 33.9 Å². The lowest BCUT2D eigenvalue weighted by Gasteiger charge is -2.23. The zero-order valence-corrected chi connectivity index (χ0v) is 38.4. The summed E-state index contributed by atoms with van der Waals surface area (Å²) in [6, 6.07) is 45.4. The summed E-state index contributed by atoms with van der Waals surface area (Å²) in [5, 5.41) is 32.9. The molecule has 0 unspecified atom stereocenters. The van der Waals surface area contributed by atoms with E-state index in [4.69, 9.17) is 18.3 Å². The number of hydrogen-bond acceptors (Lipinski definition) is 9. The van der Waals surface area contributed by atoms with Gasteiger partial charge in [-0.1, -0.05) is 131 Å². The first-order chi connectivity index (χ1) is 33.6. The summed E-state index contributed by atoms with van der Waals surface area (Å²) >= 11 is 0. The van der Waals surface area contributed by atoms with Crippen molar-refractivity contribution in [1.82, 2.24) is 0 Å². The Labute approximate surface area is 396 Å². The first kappa shape index (κ1) is 43.2. The second-order valence-electron chi connectivity index (χ2n) is 18.1. The van der Waals surface area contributed by atoms with E-state index >= 15 is 0 Å². The lowest BCUT2D eigenvalue weighted by atomic mass is 9.84. The number of nitrogens with one attached hydrogen (secondary N) is 1. The van der Waals surface area contributed by atoms with Crippen LogP contribution < -0.4 is 10.1 Å². The number of para-hydroxylation sites is 4. The van der Waals surface area contributed by atoms with Crippen LogP contribution in [-0.2, 0) is 11.3 Å². The Morgan fingerprint density at radius 3 is 1.74 bits per heavy atom. The first-order valence-electron chi connectivity index (χ1n) is 23.1. The van der Waals surface area contributed by atoms with Crippen molar-refractivity contribution in [1.29, 1.82) is 0 Å². The topological polar surface area (TPSA) is 131 Å². The predicted octanol–water partition coefficient (Wildman–Crippen LogP) is 15.8. The standard InChI is InChI=1S/C60H47NO8/c1-33(2)39-20-14-21-40(34(3)4)60(39)61-32-66-31-38-27-50-56-57-51(69-48-24-13-10-19-43(48)42-18-9-12-23-47(42)68-50)28-45(65)53-37(30-63)26-49(67-46-22-11-8-17-41(46)35-15-6-5-7-16-35)55(59(53)57)54-44(64)25-36(29-62)52(38)58(54)56/h5-30,33-34,61,64-65H,31-32H2,1-4H3. The van der Waals surface area contributed by atoms with Crippen molar-refractivity contribution in [3.63, 3.8) is 0 Å². The fourth-order valence-corrected chi connectivity index (χ4v) is 10.2. The second-order valence-corrected chi connectivity index (χ2v) is 18.1. The number of carbonyl (C=O) groups excluding carboxylic acids is 2. The van der Waals surface area contributed by atoms with Crippen molar-refractivity contribution in [3.8, 4) is 34.1 Å². The van der Waals surface area contributed by atoms with Crippen LogP contribution in [0.4, 0.5) is 5.69 Å². The number of hydrogen-bond donors (Lipinski definition) is 3. The largest absolute Gasteiger partial charge is 0.507 e. The first-order valence-corrected chi connectivity index (χ1v) is 23.1. The highest BCUT2D eigenvalue weighted by atomic mass is 16.5. The molecule has 0 aliphatic carbocycles. The van der Waals surface area contributed by atoms with E-state index in [9.17, 15) is 19.8 Å². The van der Waals surface area contributed by atoms with Gasteiger partial charge in [0.2, 0.25) is 0 Å². The van der Waals surface area contributed by atoms with E-state index in [-0.39, 0.29) is 64.5 Å². The highest BCUT2D eigenvalue weighted by Gasteiger charge is 2.29. The number of carbonyl (C=O) groups is 2. The van der Waals surface area contributed by atoms with Gasteiger partial charge in [0.25, 0.3) is 0 Å². The van der Waals surface area contributed by atoms with Crippen LogP contribution in [0.5, 0.6) is 23.0 Å². The minimum absolute atomic E-state index is 0.0373. The molecule has 0 aliphatic rings. The Hall–Kier alpha value is -8.40. The summed E-state index contributed by atoms with van der Waals surface area (Å²) in [7, 11) is 0. The molecule has 340 valence electrons. The van der Waals surface area contributed by atoms with E-state index in [1.54, 1.807) is 6.07 Å². The molecule has 69 heavy (non-hydrogen) atoms. The maximum atomic E-state index is 13.4.